The maximum absolute atomic E-state index is 12.9. The van der Waals surface area contributed by atoms with Crippen molar-refractivity contribution in [3.05, 3.63) is 65.7 Å². The van der Waals surface area contributed by atoms with E-state index in [9.17, 15) is 19.2 Å². The standard InChI is InChI=1S/C21H21N3O5/c1-14(18(25)24-13-12-22-21(24)28)29-20(27)17-11-7-6-10-16(17)19(26)23(2)15-8-4-3-5-9-15/h3-11,14H,12-13H2,1-2H3,(H,22,28). The monoisotopic (exact) mass is 395 g/mol. The molecule has 2 aromatic rings. The van der Waals surface area contributed by atoms with Crippen LogP contribution in [-0.4, -0.2) is 55.0 Å². The average molecular weight is 395 g/mol. The molecule has 0 bridgehead atoms. The summed E-state index contributed by atoms with van der Waals surface area (Å²) >= 11 is 0. The van der Waals surface area contributed by atoms with Crippen LogP contribution in [-0.2, 0) is 9.53 Å². The lowest BCUT2D eigenvalue weighted by molar-refractivity contribution is -0.136. The highest BCUT2D eigenvalue weighted by Crippen LogP contribution is 2.19. The van der Waals surface area contributed by atoms with Gasteiger partial charge in [0.15, 0.2) is 6.10 Å². The first-order valence-electron chi connectivity index (χ1n) is 9.12. The molecule has 150 valence electrons. The zero-order valence-corrected chi connectivity index (χ0v) is 16.1. The average Bonchev–Trinajstić information content (AvgIpc) is 3.18. The van der Waals surface area contributed by atoms with Crippen LogP contribution in [0.2, 0.25) is 0 Å². The quantitative estimate of drug-likeness (QED) is 0.782. The van der Waals surface area contributed by atoms with Crippen LogP contribution >= 0.6 is 0 Å². The van der Waals surface area contributed by atoms with Gasteiger partial charge in [-0.05, 0) is 31.2 Å². The van der Waals surface area contributed by atoms with Crippen LogP contribution in [0.3, 0.4) is 0 Å². The number of carbonyl (C=O) groups excluding carboxylic acids is 4. The van der Waals surface area contributed by atoms with E-state index >= 15 is 0 Å². The summed E-state index contributed by atoms with van der Waals surface area (Å²) < 4.78 is 5.25. The zero-order valence-electron chi connectivity index (χ0n) is 16.1. The third-order valence-corrected chi connectivity index (χ3v) is 4.58. The zero-order chi connectivity index (χ0) is 21.0. The number of amides is 4. The predicted molar refractivity (Wildman–Crippen MR) is 106 cm³/mol. The Bertz CT molecular complexity index is 944. The van der Waals surface area contributed by atoms with Crippen molar-refractivity contribution in [1.29, 1.82) is 0 Å². The Balaban J connectivity index is 1.77. The minimum absolute atomic E-state index is 0.0470. The van der Waals surface area contributed by atoms with Crippen molar-refractivity contribution in [3.63, 3.8) is 0 Å². The van der Waals surface area contributed by atoms with Gasteiger partial charge in [0, 0.05) is 25.8 Å². The summed E-state index contributed by atoms with van der Waals surface area (Å²) in [6.45, 7) is 1.97. The number of rotatable bonds is 5. The molecule has 1 aliphatic heterocycles. The summed E-state index contributed by atoms with van der Waals surface area (Å²) in [5.74, 6) is -1.81. The second-order valence-electron chi connectivity index (χ2n) is 6.51. The van der Waals surface area contributed by atoms with Crippen molar-refractivity contribution in [1.82, 2.24) is 10.2 Å². The minimum Gasteiger partial charge on any atom is -0.449 e. The molecule has 0 saturated carbocycles. The Kier molecular flexibility index (Phi) is 5.92. The number of ether oxygens (including phenoxy) is 1. The summed E-state index contributed by atoms with van der Waals surface area (Å²) in [7, 11) is 1.61. The second kappa shape index (κ2) is 8.55. The van der Waals surface area contributed by atoms with Gasteiger partial charge in [0.2, 0.25) is 0 Å². The van der Waals surface area contributed by atoms with Crippen LogP contribution < -0.4 is 10.2 Å². The van der Waals surface area contributed by atoms with Gasteiger partial charge < -0.3 is 15.0 Å². The first-order chi connectivity index (χ1) is 13.9. The van der Waals surface area contributed by atoms with Gasteiger partial charge >= 0.3 is 12.0 Å². The van der Waals surface area contributed by atoms with Gasteiger partial charge in [-0.25, -0.2) is 9.59 Å². The summed E-state index contributed by atoms with van der Waals surface area (Å²) in [6, 6.07) is 14.7. The predicted octanol–water partition coefficient (Wildman–Crippen LogP) is 2.06. The number of hydrogen-bond donors (Lipinski definition) is 1. The van der Waals surface area contributed by atoms with Crippen LogP contribution in [0, 0.1) is 0 Å². The molecule has 8 heteroatoms. The maximum Gasteiger partial charge on any atom is 0.339 e. The Morgan fingerprint density at radius 3 is 2.28 bits per heavy atom. The molecule has 0 aromatic heterocycles. The molecule has 1 saturated heterocycles. The number of para-hydroxylation sites is 1. The SMILES string of the molecule is CC(OC(=O)c1ccccc1C(=O)N(C)c1ccccc1)C(=O)N1CCNC1=O. The smallest absolute Gasteiger partial charge is 0.339 e. The third-order valence-electron chi connectivity index (χ3n) is 4.58. The number of urea groups is 1. The molecule has 1 N–H and O–H groups in total. The van der Waals surface area contributed by atoms with E-state index in [4.69, 9.17) is 4.74 Å². The lowest BCUT2D eigenvalue weighted by Crippen LogP contribution is -2.42. The maximum atomic E-state index is 12.9. The van der Waals surface area contributed by atoms with E-state index in [0.717, 1.165) is 4.90 Å². The van der Waals surface area contributed by atoms with Crippen LogP contribution in [0.4, 0.5) is 10.5 Å². The van der Waals surface area contributed by atoms with E-state index in [1.807, 2.05) is 6.07 Å². The highest BCUT2D eigenvalue weighted by molar-refractivity contribution is 6.12. The number of hydrogen-bond acceptors (Lipinski definition) is 5. The summed E-state index contributed by atoms with van der Waals surface area (Å²) in [6.07, 6.45) is -1.17. The van der Waals surface area contributed by atoms with Crippen LogP contribution in [0.5, 0.6) is 0 Å². The topological polar surface area (TPSA) is 96.0 Å². The number of carbonyl (C=O) groups is 4. The van der Waals surface area contributed by atoms with Gasteiger partial charge in [0.05, 0.1) is 11.1 Å². The number of imide groups is 1. The number of anilines is 1. The molecule has 0 spiro atoms. The first kappa shape index (κ1) is 20.1. The molecule has 4 amide bonds. The number of nitrogens with zero attached hydrogens (tertiary/aromatic N) is 2. The van der Waals surface area contributed by atoms with E-state index in [0.29, 0.717) is 12.2 Å². The number of nitrogens with one attached hydrogen (secondary N) is 1. The lowest BCUT2D eigenvalue weighted by atomic mass is 10.1. The third kappa shape index (κ3) is 4.26. The Morgan fingerprint density at radius 2 is 1.66 bits per heavy atom. The minimum atomic E-state index is -1.17. The molecular formula is C21H21N3O5. The highest BCUT2D eigenvalue weighted by Gasteiger charge is 2.32. The first-order valence-corrected chi connectivity index (χ1v) is 9.12. The largest absolute Gasteiger partial charge is 0.449 e. The van der Waals surface area contributed by atoms with Crippen molar-refractivity contribution in [2.45, 2.75) is 13.0 Å². The van der Waals surface area contributed by atoms with Crippen LogP contribution in [0.1, 0.15) is 27.6 Å². The van der Waals surface area contributed by atoms with Crippen LogP contribution in [0.25, 0.3) is 0 Å². The summed E-state index contributed by atoms with van der Waals surface area (Å²) in [4.78, 5) is 52.0. The van der Waals surface area contributed by atoms with E-state index < -0.39 is 24.0 Å². The molecule has 29 heavy (non-hydrogen) atoms. The summed E-state index contributed by atoms with van der Waals surface area (Å²) in [5, 5.41) is 2.52. The van der Waals surface area contributed by atoms with Gasteiger partial charge in [-0.15, -0.1) is 0 Å². The fourth-order valence-corrected chi connectivity index (χ4v) is 2.97. The lowest BCUT2D eigenvalue weighted by Gasteiger charge is -2.20. The number of esters is 1. The second-order valence-corrected chi connectivity index (χ2v) is 6.51. The van der Waals surface area contributed by atoms with Crippen LogP contribution in [0.15, 0.2) is 54.6 Å². The Morgan fingerprint density at radius 1 is 1.03 bits per heavy atom. The molecule has 8 nitrogen and oxygen atoms in total. The molecule has 1 aliphatic rings. The van der Waals surface area contributed by atoms with Gasteiger partial charge in [0.1, 0.15) is 0 Å². The molecule has 2 aromatic carbocycles. The van der Waals surface area contributed by atoms with E-state index in [-0.39, 0.29) is 23.6 Å². The Labute approximate surface area is 168 Å². The fourth-order valence-electron chi connectivity index (χ4n) is 2.97. The molecule has 1 atom stereocenters. The van der Waals surface area contributed by atoms with Gasteiger partial charge in [-0.1, -0.05) is 30.3 Å². The van der Waals surface area contributed by atoms with Crippen molar-refractivity contribution < 1.29 is 23.9 Å². The van der Waals surface area contributed by atoms with E-state index in [1.165, 1.54) is 24.0 Å². The molecule has 1 fully saturated rings. The molecular weight excluding hydrogens is 374 g/mol. The van der Waals surface area contributed by atoms with Gasteiger partial charge in [-0.2, -0.15) is 0 Å². The van der Waals surface area contributed by atoms with Crippen molar-refractivity contribution in [3.8, 4) is 0 Å². The van der Waals surface area contributed by atoms with Crippen molar-refractivity contribution in [2.24, 2.45) is 0 Å². The van der Waals surface area contributed by atoms with E-state index in [2.05, 4.69) is 5.32 Å². The van der Waals surface area contributed by atoms with Gasteiger partial charge in [0.25, 0.3) is 11.8 Å². The number of benzene rings is 2. The highest BCUT2D eigenvalue weighted by atomic mass is 16.5. The molecule has 3 rings (SSSR count). The van der Waals surface area contributed by atoms with Gasteiger partial charge in [-0.3, -0.25) is 14.5 Å². The molecule has 0 radical (unpaired) electrons. The Hall–Kier alpha value is -3.68. The van der Waals surface area contributed by atoms with E-state index in [1.54, 1.807) is 43.4 Å². The normalized spacial score (nSPS) is 14.1. The van der Waals surface area contributed by atoms with Crippen molar-refractivity contribution >= 4 is 29.5 Å². The fraction of sp³-hybridized carbons (Fsp3) is 0.238. The summed E-state index contributed by atoms with van der Waals surface area (Å²) in [5.41, 5.74) is 0.873. The molecule has 0 aliphatic carbocycles. The molecule has 1 heterocycles. The van der Waals surface area contributed by atoms with Crippen molar-refractivity contribution in [2.75, 3.05) is 25.0 Å². The molecule has 1 unspecified atom stereocenters.